The minimum Gasteiger partial charge on any atom is -0.289 e. The summed E-state index contributed by atoms with van der Waals surface area (Å²) >= 11 is 0. The van der Waals surface area contributed by atoms with Crippen LogP contribution in [-0.2, 0) is 0 Å². The third-order valence-corrected chi connectivity index (χ3v) is 4.90. The van der Waals surface area contributed by atoms with Gasteiger partial charge in [0, 0.05) is 17.4 Å². The van der Waals surface area contributed by atoms with Crippen molar-refractivity contribution in [1.29, 1.82) is 0 Å². The van der Waals surface area contributed by atoms with Crippen molar-refractivity contribution in [3.05, 3.63) is 0 Å². The zero-order valence-electron chi connectivity index (χ0n) is 7.72. The van der Waals surface area contributed by atoms with Crippen molar-refractivity contribution in [1.82, 2.24) is 4.90 Å². The Labute approximate surface area is 71.3 Å². The monoisotopic (exact) mass is 171 g/mol. The first-order valence-corrected chi connectivity index (χ1v) is 5.88. The maximum Gasteiger partial charge on any atom is 0.0371 e. The zero-order chi connectivity index (χ0) is 8.06. The van der Waals surface area contributed by atoms with E-state index in [0.29, 0.717) is 5.28 Å². The summed E-state index contributed by atoms with van der Waals surface area (Å²) in [6.45, 7) is 7.11. The summed E-state index contributed by atoms with van der Waals surface area (Å²) < 4.78 is 0. The van der Waals surface area contributed by atoms with Crippen LogP contribution in [-0.4, -0.2) is 28.4 Å². The summed E-state index contributed by atoms with van der Waals surface area (Å²) in [5.41, 5.74) is 0. The number of hydrogen-bond acceptors (Lipinski definition) is 1. The molecule has 3 unspecified atom stereocenters. The molecule has 0 amide bonds. The Hall–Kier alpha value is 0.390. The van der Waals surface area contributed by atoms with E-state index in [4.69, 9.17) is 0 Å². The summed E-state index contributed by atoms with van der Waals surface area (Å²) in [7, 11) is 1.19. The Morgan fingerprint density at radius 2 is 2.27 bits per heavy atom. The molecule has 3 aliphatic heterocycles. The molecule has 3 aliphatic rings. The van der Waals surface area contributed by atoms with Gasteiger partial charge in [0.15, 0.2) is 0 Å². The van der Waals surface area contributed by atoms with Crippen molar-refractivity contribution < 1.29 is 0 Å². The van der Waals surface area contributed by atoms with Crippen LogP contribution in [0.3, 0.4) is 0 Å². The van der Waals surface area contributed by atoms with Crippen molar-refractivity contribution in [2.24, 2.45) is 0 Å². The lowest BCUT2D eigenvalue weighted by Crippen LogP contribution is -2.66. The fourth-order valence-electron chi connectivity index (χ4n) is 2.86. The van der Waals surface area contributed by atoms with Crippen LogP contribution in [0, 0.1) is 0 Å². The summed E-state index contributed by atoms with van der Waals surface area (Å²) in [5.74, 6) is 0. The second-order valence-corrected chi connectivity index (χ2v) is 6.28. The van der Waals surface area contributed by atoms with Crippen LogP contribution in [0.25, 0.3) is 0 Å². The maximum atomic E-state index is 2.73. The van der Waals surface area contributed by atoms with Crippen LogP contribution in [0.2, 0.25) is 0 Å². The van der Waals surface area contributed by atoms with Crippen LogP contribution in [0.5, 0.6) is 0 Å². The Morgan fingerprint density at radius 1 is 1.55 bits per heavy atom. The molecule has 0 aliphatic carbocycles. The number of rotatable bonds is 1. The molecule has 3 fully saturated rings. The summed E-state index contributed by atoms with van der Waals surface area (Å²) in [4.78, 5) is 2.73. The number of nitrogens with zero attached hydrogens (tertiary/aromatic N) is 1. The average Bonchev–Trinajstić information content (AvgIpc) is 1.85. The van der Waals surface area contributed by atoms with Crippen LogP contribution < -0.4 is 0 Å². The molecule has 1 nitrogen and oxygen atoms in total. The van der Waals surface area contributed by atoms with Gasteiger partial charge in [0.25, 0.3) is 0 Å². The third kappa shape index (κ3) is 1.05. The molecular weight excluding hydrogens is 153 g/mol. The highest BCUT2D eigenvalue weighted by molar-refractivity contribution is 7.40. The highest BCUT2D eigenvalue weighted by Crippen LogP contribution is 2.55. The SMILES string of the molecule is CC(C)N1C2CCPC1(C)C2. The maximum absolute atomic E-state index is 2.73. The molecule has 2 heteroatoms. The van der Waals surface area contributed by atoms with Gasteiger partial charge in [-0.3, -0.25) is 4.90 Å². The summed E-state index contributed by atoms with van der Waals surface area (Å²) in [5, 5.41) is 0.622. The minimum absolute atomic E-state index is 0.622. The molecular formula is C9H18NP. The first kappa shape index (κ1) is 8.01. The van der Waals surface area contributed by atoms with E-state index in [0.717, 1.165) is 12.1 Å². The first-order valence-electron chi connectivity index (χ1n) is 4.67. The molecule has 3 saturated heterocycles. The molecule has 3 heterocycles. The van der Waals surface area contributed by atoms with E-state index < -0.39 is 0 Å². The second kappa shape index (κ2) is 2.44. The first-order chi connectivity index (χ1) is 5.13. The van der Waals surface area contributed by atoms with Gasteiger partial charge in [0.1, 0.15) is 0 Å². The minimum atomic E-state index is 0.622. The Kier molecular flexibility index (Phi) is 1.77. The van der Waals surface area contributed by atoms with Crippen molar-refractivity contribution >= 4 is 8.58 Å². The topological polar surface area (TPSA) is 3.24 Å². The van der Waals surface area contributed by atoms with E-state index in [1.165, 1.54) is 27.6 Å². The van der Waals surface area contributed by atoms with Crippen molar-refractivity contribution in [2.75, 3.05) is 6.16 Å². The molecule has 0 radical (unpaired) electrons. The van der Waals surface area contributed by atoms with Crippen molar-refractivity contribution in [3.8, 4) is 0 Å². The van der Waals surface area contributed by atoms with E-state index in [1.807, 2.05) is 0 Å². The third-order valence-electron chi connectivity index (χ3n) is 3.14. The van der Waals surface area contributed by atoms with Crippen molar-refractivity contribution in [2.45, 2.75) is 51.0 Å². The normalized spacial score (nSPS) is 46.4. The fraction of sp³-hybridized carbons (Fsp3) is 1.00. The Bertz CT molecular complexity index is 165. The average molecular weight is 171 g/mol. The lowest BCUT2D eigenvalue weighted by molar-refractivity contribution is -0.0383. The van der Waals surface area contributed by atoms with Crippen LogP contribution in [0.4, 0.5) is 0 Å². The molecule has 0 saturated carbocycles. The quantitative estimate of drug-likeness (QED) is 0.547. The van der Waals surface area contributed by atoms with Gasteiger partial charge in [-0.15, -0.1) is 8.58 Å². The van der Waals surface area contributed by atoms with Gasteiger partial charge in [-0.2, -0.15) is 0 Å². The highest BCUT2D eigenvalue weighted by Gasteiger charge is 2.51. The molecule has 11 heavy (non-hydrogen) atoms. The van der Waals surface area contributed by atoms with Gasteiger partial charge in [0.2, 0.25) is 0 Å². The predicted octanol–water partition coefficient (Wildman–Crippen LogP) is 2.27. The number of hydrogen-bond donors (Lipinski definition) is 0. The summed E-state index contributed by atoms with van der Waals surface area (Å²) in [6.07, 6.45) is 4.43. The lowest BCUT2D eigenvalue weighted by atomic mass is 9.88. The smallest absolute Gasteiger partial charge is 0.0371 e. The highest BCUT2D eigenvalue weighted by atomic mass is 31.1. The molecule has 2 bridgehead atoms. The van der Waals surface area contributed by atoms with Crippen LogP contribution in [0.1, 0.15) is 33.6 Å². The zero-order valence-corrected chi connectivity index (χ0v) is 8.72. The van der Waals surface area contributed by atoms with Gasteiger partial charge in [-0.25, -0.2) is 0 Å². The fourth-order valence-corrected chi connectivity index (χ4v) is 4.88. The molecule has 64 valence electrons. The molecule has 0 aromatic rings. The molecule has 0 aromatic heterocycles. The van der Waals surface area contributed by atoms with Gasteiger partial charge in [-0.05, 0) is 39.8 Å². The van der Waals surface area contributed by atoms with Crippen LogP contribution >= 0.6 is 8.58 Å². The van der Waals surface area contributed by atoms with Gasteiger partial charge < -0.3 is 0 Å². The molecule has 3 rings (SSSR count). The van der Waals surface area contributed by atoms with Crippen molar-refractivity contribution in [3.63, 3.8) is 0 Å². The van der Waals surface area contributed by atoms with E-state index in [2.05, 4.69) is 25.7 Å². The Morgan fingerprint density at radius 3 is 2.64 bits per heavy atom. The predicted molar refractivity (Wildman–Crippen MR) is 51.6 cm³/mol. The summed E-state index contributed by atoms with van der Waals surface area (Å²) in [6, 6.07) is 1.72. The van der Waals surface area contributed by atoms with Gasteiger partial charge in [-0.1, -0.05) is 0 Å². The Balaban J connectivity index is 2.11. The van der Waals surface area contributed by atoms with Gasteiger partial charge >= 0.3 is 0 Å². The molecule has 0 aromatic carbocycles. The molecule has 0 N–H and O–H groups in total. The van der Waals surface area contributed by atoms with E-state index in [9.17, 15) is 0 Å². The largest absolute Gasteiger partial charge is 0.289 e. The molecule has 0 spiro atoms. The van der Waals surface area contributed by atoms with Crippen LogP contribution in [0.15, 0.2) is 0 Å². The number of fused-ring (bicyclic) bond motifs is 2. The lowest BCUT2D eigenvalue weighted by Gasteiger charge is -2.62. The van der Waals surface area contributed by atoms with E-state index in [1.54, 1.807) is 0 Å². The van der Waals surface area contributed by atoms with Gasteiger partial charge in [0.05, 0.1) is 0 Å². The second-order valence-electron chi connectivity index (χ2n) is 4.35. The molecule has 3 atom stereocenters. The van der Waals surface area contributed by atoms with E-state index in [-0.39, 0.29) is 0 Å². The van der Waals surface area contributed by atoms with E-state index >= 15 is 0 Å². The standard InChI is InChI=1S/C9H18NP/c1-7(2)10-8-4-5-11-9(10,3)6-8/h7-8,11H,4-6H2,1-3H3.